The molecule has 0 aliphatic carbocycles. The molecule has 1 aromatic carbocycles. The van der Waals surface area contributed by atoms with Crippen LogP contribution in [0.2, 0.25) is 0 Å². The number of carbonyl (C=O) groups is 1. The van der Waals surface area contributed by atoms with E-state index in [1.165, 1.54) is 0 Å². The Hall–Kier alpha value is -2.59. The zero-order valence-corrected chi connectivity index (χ0v) is 16.5. The summed E-state index contributed by atoms with van der Waals surface area (Å²) in [5.74, 6) is -0.191. The number of phenolic OH excluding ortho intramolecular Hbond substituents is 1. The minimum atomic E-state index is -0.592. The first-order valence-electron chi connectivity index (χ1n) is 8.23. The number of aryl methyl sites for hydroxylation is 2. The molecule has 6 nitrogen and oxygen atoms in total. The number of aromatic nitrogens is 2. The van der Waals surface area contributed by atoms with Crippen LogP contribution >= 0.6 is 7.92 Å². The average molecular weight is 370 g/mol. The molecule has 26 heavy (non-hydrogen) atoms. The number of primary amides is 1. The Balaban J connectivity index is 2.54. The number of pyridine rings is 1. The van der Waals surface area contributed by atoms with E-state index in [9.17, 15) is 9.90 Å². The quantitative estimate of drug-likeness (QED) is 0.616. The number of amides is 1. The van der Waals surface area contributed by atoms with Crippen LogP contribution in [0.3, 0.4) is 0 Å². The van der Waals surface area contributed by atoms with Crippen molar-refractivity contribution in [3.8, 4) is 11.4 Å². The second-order valence-corrected chi connectivity index (χ2v) is 8.94. The van der Waals surface area contributed by atoms with Crippen molar-refractivity contribution >= 4 is 36.1 Å². The summed E-state index contributed by atoms with van der Waals surface area (Å²) >= 11 is 0. The summed E-state index contributed by atoms with van der Waals surface area (Å²) in [5.41, 5.74) is 17.1. The topological polar surface area (TPSA) is 107 Å². The Morgan fingerprint density at radius 1 is 1.19 bits per heavy atom. The lowest BCUT2D eigenvalue weighted by atomic mass is 10.1. The largest absolute Gasteiger partial charge is 0.508 e. The molecule has 0 atom stereocenters. The van der Waals surface area contributed by atoms with Gasteiger partial charge in [-0.05, 0) is 57.4 Å². The summed E-state index contributed by atoms with van der Waals surface area (Å²) in [5, 5.41) is 10.8. The van der Waals surface area contributed by atoms with E-state index in [0.29, 0.717) is 16.6 Å². The van der Waals surface area contributed by atoms with Crippen LogP contribution < -0.4 is 16.9 Å². The van der Waals surface area contributed by atoms with Crippen LogP contribution in [0.15, 0.2) is 18.2 Å². The van der Waals surface area contributed by atoms with Crippen LogP contribution in [0.5, 0.6) is 5.75 Å². The number of phenols is 1. The van der Waals surface area contributed by atoms with Crippen LogP contribution in [0.4, 0.5) is 5.82 Å². The lowest BCUT2D eigenvalue weighted by Crippen LogP contribution is -2.14. The summed E-state index contributed by atoms with van der Waals surface area (Å²) in [6.45, 7) is 9.99. The van der Waals surface area contributed by atoms with Crippen molar-refractivity contribution in [2.45, 2.75) is 20.8 Å². The summed E-state index contributed by atoms with van der Waals surface area (Å²) in [6.07, 6.45) is 0. The number of anilines is 1. The third-order valence-corrected chi connectivity index (χ3v) is 5.94. The maximum absolute atomic E-state index is 12.1. The predicted molar refractivity (Wildman–Crippen MR) is 108 cm³/mol. The molecular formula is C19H23N4O2P. The van der Waals surface area contributed by atoms with Crippen LogP contribution in [-0.2, 0) is 0 Å². The van der Waals surface area contributed by atoms with Gasteiger partial charge < -0.3 is 16.6 Å². The number of hydrogen-bond acceptors (Lipinski definition) is 4. The van der Waals surface area contributed by atoms with Gasteiger partial charge in [-0.1, -0.05) is 14.0 Å². The summed E-state index contributed by atoms with van der Waals surface area (Å²) in [6, 6.07) is 5.39. The van der Waals surface area contributed by atoms with E-state index in [1.807, 2.05) is 32.9 Å². The number of nitrogens with zero attached hydrogens (tertiary/aromatic N) is 2. The van der Waals surface area contributed by atoms with Gasteiger partial charge >= 0.3 is 0 Å². The highest BCUT2D eigenvalue weighted by Crippen LogP contribution is 2.36. The highest BCUT2D eigenvalue weighted by Gasteiger charge is 2.25. The van der Waals surface area contributed by atoms with Gasteiger partial charge in [0.05, 0.1) is 16.7 Å². The fourth-order valence-corrected chi connectivity index (χ4v) is 4.48. The van der Waals surface area contributed by atoms with E-state index in [1.54, 1.807) is 10.6 Å². The number of fused-ring (bicyclic) bond motifs is 1. The maximum atomic E-state index is 12.1. The molecule has 2 heterocycles. The summed E-state index contributed by atoms with van der Waals surface area (Å²) < 4.78 is 1.74. The van der Waals surface area contributed by atoms with Gasteiger partial charge in [0.25, 0.3) is 5.91 Å². The van der Waals surface area contributed by atoms with Gasteiger partial charge in [-0.3, -0.25) is 9.36 Å². The van der Waals surface area contributed by atoms with E-state index in [4.69, 9.17) is 16.5 Å². The Morgan fingerprint density at radius 3 is 2.42 bits per heavy atom. The molecule has 136 valence electrons. The van der Waals surface area contributed by atoms with E-state index in [0.717, 1.165) is 22.2 Å². The van der Waals surface area contributed by atoms with Crippen LogP contribution in [0.1, 0.15) is 27.0 Å². The number of benzene rings is 1. The minimum absolute atomic E-state index is 0.160. The normalized spacial score (nSPS) is 11.5. The molecule has 0 spiro atoms. The van der Waals surface area contributed by atoms with Gasteiger partial charge in [-0.15, -0.1) is 0 Å². The highest BCUT2D eigenvalue weighted by molar-refractivity contribution is 7.63. The predicted octanol–water partition coefficient (Wildman–Crippen LogP) is 2.70. The van der Waals surface area contributed by atoms with Crippen molar-refractivity contribution in [1.29, 1.82) is 0 Å². The first-order valence-corrected chi connectivity index (χ1v) is 10.5. The first kappa shape index (κ1) is 18.2. The van der Waals surface area contributed by atoms with Gasteiger partial charge in [0.1, 0.15) is 17.2 Å². The van der Waals surface area contributed by atoms with Crippen LogP contribution in [0, 0.1) is 20.8 Å². The number of aromatic hydroxyl groups is 1. The molecule has 0 saturated carbocycles. The van der Waals surface area contributed by atoms with Crippen LogP contribution in [-0.4, -0.2) is 33.9 Å². The number of hydrogen-bond donors (Lipinski definition) is 3. The van der Waals surface area contributed by atoms with Crippen molar-refractivity contribution in [1.82, 2.24) is 9.55 Å². The number of nitrogen functional groups attached to an aromatic ring is 1. The van der Waals surface area contributed by atoms with Gasteiger partial charge in [0, 0.05) is 10.9 Å². The minimum Gasteiger partial charge on any atom is -0.508 e. The molecule has 1 amide bonds. The van der Waals surface area contributed by atoms with E-state index in [2.05, 4.69) is 13.3 Å². The fraction of sp³-hybridized carbons (Fsp3) is 0.263. The molecule has 0 bridgehead atoms. The fourth-order valence-electron chi connectivity index (χ4n) is 3.42. The number of nitrogens with two attached hydrogens (primary N) is 2. The Labute approximate surface area is 153 Å². The molecular weight excluding hydrogens is 347 g/mol. The molecule has 7 heteroatoms. The van der Waals surface area contributed by atoms with Gasteiger partial charge in [0.2, 0.25) is 0 Å². The van der Waals surface area contributed by atoms with Gasteiger partial charge in [0.15, 0.2) is 0 Å². The molecule has 2 aromatic heterocycles. The SMILES string of the molecule is Cc1cc2c(C(N)=O)c(N)n(-c3c(C)ccc(O)c3C)c2nc1P(C)C. The Bertz CT molecular complexity index is 1050. The van der Waals surface area contributed by atoms with Crippen molar-refractivity contribution < 1.29 is 9.90 Å². The van der Waals surface area contributed by atoms with Crippen molar-refractivity contribution in [3.63, 3.8) is 0 Å². The van der Waals surface area contributed by atoms with Gasteiger partial charge in [-0.2, -0.15) is 0 Å². The molecule has 0 saturated heterocycles. The standard InChI is InChI=1S/C19H23N4O2P/c1-9-6-7-13(24)11(3)15(9)23-16(20)14(17(21)25)12-8-10(2)19(26(4)5)22-18(12)23/h6-8,24H,20H2,1-5H3,(H2,21,25). The van der Waals surface area contributed by atoms with Crippen molar-refractivity contribution in [2.75, 3.05) is 19.1 Å². The lowest BCUT2D eigenvalue weighted by molar-refractivity contribution is 0.100. The smallest absolute Gasteiger partial charge is 0.253 e. The first-order chi connectivity index (χ1) is 12.1. The molecule has 3 rings (SSSR count). The average Bonchev–Trinajstić information content (AvgIpc) is 2.82. The Morgan fingerprint density at radius 2 is 1.85 bits per heavy atom. The highest BCUT2D eigenvalue weighted by atomic mass is 31.1. The second kappa shape index (κ2) is 6.29. The molecule has 0 aliphatic heterocycles. The van der Waals surface area contributed by atoms with E-state index in [-0.39, 0.29) is 17.1 Å². The monoisotopic (exact) mass is 370 g/mol. The summed E-state index contributed by atoms with van der Waals surface area (Å²) in [4.78, 5) is 17.0. The molecule has 0 fully saturated rings. The second-order valence-electron chi connectivity index (χ2n) is 6.73. The van der Waals surface area contributed by atoms with Gasteiger partial charge in [-0.25, -0.2) is 4.98 Å². The third kappa shape index (κ3) is 2.61. The molecule has 0 aliphatic rings. The van der Waals surface area contributed by atoms with E-state index < -0.39 is 13.8 Å². The molecule has 5 N–H and O–H groups in total. The third-order valence-electron chi connectivity index (χ3n) is 4.64. The molecule has 3 aromatic rings. The number of carbonyl (C=O) groups excluding carboxylic acids is 1. The van der Waals surface area contributed by atoms with Crippen molar-refractivity contribution in [2.24, 2.45) is 5.73 Å². The van der Waals surface area contributed by atoms with Crippen LogP contribution in [0.25, 0.3) is 16.7 Å². The zero-order chi connectivity index (χ0) is 19.3. The molecule has 0 unspecified atom stereocenters. The summed E-state index contributed by atoms with van der Waals surface area (Å²) in [7, 11) is -0.439. The van der Waals surface area contributed by atoms with E-state index >= 15 is 0 Å². The zero-order valence-electron chi connectivity index (χ0n) is 15.6. The Kier molecular flexibility index (Phi) is 4.41. The molecule has 0 radical (unpaired) electrons. The van der Waals surface area contributed by atoms with Crippen molar-refractivity contribution in [3.05, 3.63) is 40.5 Å². The maximum Gasteiger partial charge on any atom is 0.253 e. The lowest BCUT2D eigenvalue weighted by Gasteiger charge is -2.16. The number of rotatable bonds is 3.